The maximum absolute atomic E-state index is 4.20. The summed E-state index contributed by atoms with van der Waals surface area (Å²) in [6, 6.07) is 0. The van der Waals surface area contributed by atoms with E-state index in [1.54, 1.807) is 6.20 Å². The van der Waals surface area contributed by atoms with Crippen molar-refractivity contribution in [1.82, 2.24) is 14.4 Å². The molecule has 0 aliphatic rings. The van der Waals surface area contributed by atoms with Crippen molar-refractivity contribution in [1.29, 1.82) is 0 Å². The van der Waals surface area contributed by atoms with Gasteiger partial charge in [-0.25, -0.2) is 9.97 Å². The number of aryl methyl sites for hydroxylation is 2. The molecule has 0 spiro atoms. The standard InChI is InChI=1S/C8H9N3.2C2H6/c1-6-3-10-8-4-9-7(2)11(8)5-6;2*1-2/h3-5H,1-2H3;2*1-2H3. The average Bonchev–Trinajstić information content (AvgIpc) is 2.66. The van der Waals surface area contributed by atoms with Gasteiger partial charge in [0.2, 0.25) is 0 Å². The van der Waals surface area contributed by atoms with Gasteiger partial charge < -0.3 is 0 Å². The van der Waals surface area contributed by atoms with Crippen molar-refractivity contribution in [3.05, 3.63) is 30.0 Å². The highest BCUT2D eigenvalue weighted by Gasteiger charge is 1.97. The first-order chi connectivity index (χ1) is 7.27. The molecule has 0 saturated carbocycles. The summed E-state index contributed by atoms with van der Waals surface area (Å²) >= 11 is 0. The van der Waals surface area contributed by atoms with Crippen molar-refractivity contribution >= 4 is 5.65 Å². The molecule has 2 rings (SSSR count). The number of hydrogen-bond donors (Lipinski definition) is 0. The molecule has 0 aromatic carbocycles. The van der Waals surface area contributed by atoms with Gasteiger partial charge in [-0.2, -0.15) is 0 Å². The lowest BCUT2D eigenvalue weighted by atomic mass is 10.4. The van der Waals surface area contributed by atoms with E-state index in [0.29, 0.717) is 0 Å². The smallest absolute Gasteiger partial charge is 0.156 e. The van der Waals surface area contributed by atoms with Gasteiger partial charge in [0.15, 0.2) is 5.65 Å². The van der Waals surface area contributed by atoms with Crippen molar-refractivity contribution in [2.75, 3.05) is 0 Å². The van der Waals surface area contributed by atoms with Crippen LogP contribution in [0.5, 0.6) is 0 Å². The minimum absolute atomic E-state index is 0.910. The zero-order valence-electron chi connectivity index (χ0n) is 10.6. The van der Waals surface area contributed by atoms with E-state index in [1.807, 2.05) is 58.3 Å². The number of imidazole rings is 1. The average molecular weight is 207 g/mol. The van der Waals surface area contributed by atoms with E-state index in [9.17, 15) is 0 Å². The van der Waals surface area contributed by atoms with Gasteiger partial charge >= 0.3 is 0 Å². The molecule has 3 nitrogen and oxygen atoms in total. The summed E-state index contributed by atoms with van der Waals surface area (Å²) in [4.78, 5) is 8.34. The van der Waals surface area contributed by atoms with Crippen LogP contribution in [0.1, 0.15) is 39.1 Å². The van der Waals surface area contributed by atoms with Crippen LogP contribution in [-0.4, -0.2) is 14.4 Å². The number of nitrogens with zero attached hydrogens (tertiary/aromatic N) is 3. The maximum atomic E-state index is 4.20. The molecule has 0 amide bonds. The molecule has 0 radical (unpaired) electrons. The fourth-order valence-corrected chi connectivity index (χ4v) is 1.10. The summed E-state index contributed by atoms with van der Waals surface area (Å²) in [5, 5.41) is 0. The Bertz CT molecular complexity index is 391. The van der Waals surface area contributed by atoms with Crippen molar-refractivity contribution in [2.45, 2.75) is 41.5 Å². The van der Waals surface area contributed by atoms with Gasteiger partial charge in [0, 0.05) is 12.4 Å². The van der Waals surface area contributed by atoms with E-state index in [0.717, 1.165) is 17.0 Å². The molecule has 3 heteroatoms. The Morgan fingerprint density at radius 1 is 0.933 bits per heavy atom. The van der Waals surface area contributed by atoms with Crippen LogP contribution in [0.3, 0.4) is 0 Å². The van der Waals surface area contributed by atoms with Gasteiger partial charge in [-0.1, -0.05) is 27.7 Å². The normalized spacial score (nSPS) is 8.67. The van der Waals surface area contributed by atoms with Crippen LogP contribution < -0.4 is 0 Å². The Kier molecular flexibility index (Phi) is 6.34. The van der Waals surface area contributed by atoms with Crippen molar-refractivity contribution in [3.63, 3.8) is 0 Å². The molecule has 0 N–H and O–H groups in total. The molecule has 15 heavy (non-hydrogen) atoms. The molecule has 0 aliphatic heterocycles. The number of fused-ring (bicyclic) bond motifs is 1. The zero-order valence-corrected chi connectivity index (χ0v) is 10.6. The van der Waals surface area contributed by atoms with E-state index in [2.05, 4.69) is 9.97 Å². The fourth-order valence-electron chi connectivity index (χ4n) is 1.10. The summed E-state index contributed by atoms with van der Waals surface area (Å²) in [6.07, 6.45) is 5.65. The van der Waals surface area contributed by atoms with E-state index < -0.39 is 0 Å². The first kappa shape index (κ1) is 13.6. The molecule has 0 aliphatic carbocycles. The van der Waals surface area contributed by atoms with E-state index >= 15 is 0 Å². The highest BCUT2D eigenvalue weighted by molar-refractivity contribution is 5.36. The van der Waals surface area contributed by atoms with Gasteiger partial charge in [-0.3, -0.25) is 4.40 Å². The topological polar surface area (TPSA) is 30.2 Å². The predicted octanol–water partition coefficient (Wildman–Crippen LogP) is 3.40. The minimum Gasteiger partial charge on any atom is -0.288 e. The summed E-state index contributed by atoms with van der Waals surface area (Å²) in [5.74, 6) is 0.983. The van der Waals surface area contributed by atoms with Crippen molar-refractivity contribution in [3.8, 4) is 0 Å². The third-order valence-corrected chi connectivity index (χ3v) is 1.70. The van der Waals surface area contributed by atoms with Gasteiger partial charge in [0.25, 0.3) is 0 Å². The Morgan fingerprint density at radius 2 is 1.53 bits per heavy atom. The van der Waals surface area contributed by atoms with Gasteiger partial charge in [0.05, 0.1) is 6.20 Å². The third kappa shape index (κ3) is 3.35. The first-order valence-corrected chi connectivity index (χ1v) is 5.54. The highest BCUT2D eigenvalue weighted by Crippen LogP contribution is 2.03. The Balaban J connectivity index is 0.000000442. The van der Waals surface area contributed by atoms with Crippen LogP contribution >= 0.6 is 0 Å². The number of hydrogen-bond acceptors (Lipinski definition) is 2. The van der Waals surface area contributed by atoms with Crippen LogP contribution in [0.4, 0.5) is 0 Å². The van der Waals surface area contributed by atoms with E-state index in [4.69, 9.17) is 0 Å². The Morgan fingerprint density at radius 3 is 2.13 bits per heavy atom. The highest BCUT2D eigenvalue weighted by atomic mass is 15.1. The Labute approximate surface area is 92.2 Å². The molecule has 0 saturated heterocycles. The first-order valence-electron chi connectivity index (χ1n) is 5.54. The van der Waals surface area contributed by atoms with Crippen LogP contribution in [0.2, 0.25) is 0 Å². The Hall–Kier alpha value is -1.38. The summed E-state index contributed by atoms with van der Waals surface area (Å²) in [7, 11) is 0. The summed E-state index contributed by atoms with van der Waals surface area (Å²) in [6.45, 7) is 12.0. The lowest BCUT2D eigenvalue weighted by Gasteiger charge is -1.95. The van der Waals surface area contributed by atoms with Gasteiger partial charge in [-0.15, -0.1) is 0 Å². The van der Waals surface area contributed by atoms with Crippen LogP contribution in [-0.2, 0) is 0 Å². The lowest BCUT2D eigenvalue weighted by Crippen LogP contribution is -1.90. The molecule has 84 valence electrons. The molecule has 0 atom stereocenters. The zero-order chi connectivity index (χ0) is 11.8. The molecular weight excluding hydrogens is 186 g/mol. The molecule has 0 fully saturated rings. The second kappa shape index (κ2) is 6.98. The molecule has 0 unspecified atom stereocenters. The van der Waals surface area contributed by atoms with Crippen LogP contribution in [0.15, 0.2) is 18.6 Å². The van der Waals surface area contributed by atoms with Gasteiger partial charge in [-0.05, 0) is 19.4 Å². The number of aromatic nitrogens is 3. The summed E-state index contributed by atoms with van der Waals surface area (Å²) < 4.78 is 1.98. The molecular formula is C12H21N3. The quantitative estimate of drug-likeness (QED) is 0.662. The van der Waals surface area contributed by atoms with Crippen LogP contribution in [0, 0.1) is 13.8 Å². The monoisotopic (exact) mass is 207 g/mol. The molecule has 2 heterocycles. The van der Waals surface area contributed by atoms with E-state index in [-0.39, 0.29) is 0 Å². The third-order valence-electron chi connectivity index (χ3n) is 1.70. The summed E-state index contributed by atoms with van der Waals surface area (Å²) in [5.41, 5.74) is 2.06. The minimum atomic E-state index is 0.910. The second-order valence-corrected chi connectivity index (χ2v) is 2.66. The SMILES string of the molecule is CC.CC.Cc1cnc2cnc(C)n2c1. The molecule has 2 aromatic rings. The molecule has 2 aromatic heterocycles. The van der Waals surface area contributed by atoms with Crippen LogP contribution in [0.25, 0.3) is 5.65 Å². The van der Waals surface area contributed by atoms with Crippen molar-refractivity contribution < 1.29 is 0 Å². The predicted molar refractivity (Wildman–Crippen MR) is 65.2 cm³/mol. The lowest BCUT2D eigenvalue weighted by molar-refractivity contribution is 1.01. The van der Waals surface area contributed by atoms with Crippen molar-refractivity contribution in [2.24, 2.45) is 0 Å². The molecule has 0 bridgehead atoms. The number of rotatable bonds is 0. The van der Waals surface area contributed by atoms with E-state index in [1.165, 1.54) is 0 Å². The second-order valence-electron chi connectivity index (χ2n) is 2.66. The largest absolute Gasteiger partial charge is 0.288 e. The maximum Gasteiger partial charge on any atom is 0.156 e. The van der Waals surface area contributed by atoms with Gasteiger partial charge in [0.1, 0.15) is 5.82 Å². The fraction of sp³-hybridized carbons (Fsp3) is 0.500.